The van der Waals surface area contributed by atoms with Gasteiger partial charge in [0.2, 0.25) is 0 Å². The van der Waals surface area contributed by atoms with Crippen LogP contribution in [0.5, 0.6) is 0 Å². The molecule has 0 amide bonds. The molecular weight excluding hydrogens is 348 g/mol. The molecule has 3 heteroatoms. The average molecular weight is 379 g/mol. The summed E-state index contributed by atoms with van der Waals surface area (Å²) in [4.78, 5) is 0. The van der Waals surface area contributed by atoms with E-state index < -0.39 is 0 Å². The van der Waals surface area contributed by atoms with E-state index in [0.717, 1.165) is 44.5 Å². The van der Waals surface area contributed by atoms with E-state index in [-0.39, 0.29) is 11.2 Å². The molecule has 2 aliphatic rings. The summed E-state index contributed by atoms with van der Waals surface area (Å²) in [6.07, 6.45) is 7.29. The van der Waals surface area contributed by atoms with Gasteiger partial charge in [0.1, 0.15) is 0 Å². The largest absolute Gasteiger partial charge is 0.501 e. The molecule has 0 N–H and O–H groups in total. The Labute approximate surface area is 168 Å². The van der Waals surface area contributed by atoms with Crippen LogP contribution < -0.4 is 0 Å². The van der Waals surface area contributed by atoms with Crippen molar-refractivity contribution in [3.05, 3.63) is 78.1 Å². The Morgan fingerprint density at radius 3 is 2.14 bits per heavy atom. The highest BCUT2D eigenvalue weighted by Crippen LogP contribution is 2.47. The second-order valence-corrected chi connectivity index (χ2v) is 8.33. The fourth-order valence-corrected chi connectivity index (χ4v) is 4.55. The molecule has 1 atom stereocenters. The van der Waals surface area contributed by atoms with E-state index in [2.05, 4.69) is 55.5 Å². The monoisotopic (exact) mass is 378 g/mol. The highest BCUT2D eigenvalue weighted by atomic mass is 16.7. The second-order valence-electron chi connectivity index (χ2n) is 8.33. The molecule has 0 aromatic heterocycles. The first-order valence-electron chi connectivity index (χ1n) is 10.4. The van der Waals surface area contributed by atoms with Crippen molar-refractivity contribution in [3.63, 3.8) is 0 Å². The van der Waals surface area contributed by atoms with Gasteiger partial charge in [0.15, 0.2) is 5.79 Å². The molecular formula is C25H30O3. The highest BCUT2D eigenvalue weighted by molar-refractivity contribution is 5.78. The van der Waals surface area contributed by atoms with Gasteiger partial charge in [-0.3, -0.25) is 0 Å². The van der Waals surface area contributed by atoms with E-state index >= 15 is 0 Å². The highest BCUT2D eigenvalue weighted by Gasteiger charge is 2.46. The molecule has 28 heavy (non-hydrogen) atoms. The molecule has 2 fully saturated rings. The maximum absolute atomic E-state index is 6.08. The maximum atomic E-state index is 6.08. The lowest BCUT2D eigenvalue weighted by Crippen LogP contribution is -2.41. The molecule has 4 rings (SSSR count). The number of hydrogen-bond donors (Lipinski definition) is 0. The van der Waals surface area contributed by atoms with Gasteiger partial charge in [0.05, 0.1) is 26.1 Å². The third-order valence-corrected chi connectivity index (χ3v) is 6.04. The molecule has 1 aliphatic heterocycles. The van der Waals surface area contributed by atoms with Gasteiger partial charge >= 0.3 is 0 Å². The van der Waals surface area contributed by atoms with Gasteiger partial charge < -0.3 is 14.2 Å². The van der Waals surface area contributed by atoms with E-state index in [9.17, 15) is 0 Å². The molecule has 2 aromatic rings. The molecule has 1 saturated heterocycles. The van der Waals surface area contributed by atoms with Crippen molar-refractivity contribution in [1.82, 2.24) is 0 Å². The van der Waals surface area contributed by atoms with Crippen LogP contribution in [0.3, 0.4) is 0 Å². The molecule has 1 saturated carbocycles. The van der Waals surface area contributed by atoms with Crippen LogP contribution in [0.15, 0.2) is 66.9 Å². The molecule has 2 aromatic carbocycles. The minimum atomic E-state index is -0.331. The summed E-state index contributed by atoms with van der Waals surface area (Å²) in [7, 11) is 0. The van der Waals surface area contributed by atoms with Crippen molar-refractivity contribution in [2.24, 2.45) is 5.41 Å². The van der Waals surface area contributed by atoms with Gasteiger partial charge in [-0.2, -0.15) is 0 Å². The lowest BCUT2D eigenvalue weighted by atomic mass is 9.71. The molecule has 1 spiro atoms. The van der Waals surface area contributed by atoms with E-state index in [4.69, 9.17) is 14.2 Å². The summed E-state index contributed by atoms with van der Waals surface area (Å²) in [5.41, 5.74) is 3.67. The Bertz CT molecular complexity index is 736. The van der Waals surface area contributed by atoms with Crippen LogP contribution in [0.25, 0.3) is 5.57 Å². The fourth-order valence-electron chi connectivity index (χ4n) is 4.55. The van der Waals surface area contributed by atoms with Crippen molar-refractivity contribution >= 4 is 5.57 Å². The number of rotatable bonds is 6. The molecule has 1 unspecified atom stereocenters. The van der Waals surface area contributed by atoms with Crippen LogP contribution in [-0.4, -0.2) is 25.6 Å². The number of hydrogen-bond acceptors (Lipinski definition) is 3. The maximum Gasteiger partial charge on any atom is 0.169 e. The normalized spacial score (nSPS) is 23.5. The Balaban J connectivity index is 1.42. The van der Waals surface area contributed by atoms with E-state index in [1.54, 1.807) is 0 Å². The van der Waals surface area contributed by atoms with Crippen LogP contribution in [0.1, 0.15) is 50.2 Å². The summed E-state index contributed by atoms with van der Waals surface area (Å²) in [5, 5.41) is 0. The minimum absolute atomic E-state index is 0.204. The lowest BCUT2D eigenvalue weighted by molar-refractivity contribution is -0.201. The molecule has 0 bridgehead atoms. The van der Waals surface area contributed by atoms with E-state index in [1.165, 1.54) is 17.5 Å². The Morgan fingerprint density at radius 2 is 1.54 bits per heavy atom. The summed E-state index contributed by atoms with van der Waals surface area (Å²) in [6.45, 7) is 4.51. The first kappa shape index (κ1) is 19.2. The summed E-state index contributed by atoms with van der Waals surface area (Å²) in [6, 6.07) is 20.9. The van der Waals surface area contributed by atoms with Crippen LogP contribution >= 0.6 is 0 Å². The third-order valence-electron chi connectivity index (χ3n) is 6.04. The predicted octanol–water partition coefficient (Wildman–Crippen LogP) is 5.81. The average Bonchev–Trinajstić information content (AvgIpc) is 3.16. The summed E-state index contributed by atoms with van der Waals surface area (Å²) < 4.78 is 18.0. The van der Waals surface area contributed by atoms with Gasteiger partial charge in [-0.25, -0.2) is 0 Å². The molecule has 1 aliphatic carbocycles. The SMILES string of the molecule is CC1(CCOC=C(c2ccccc2)c2ccccc2)CCCC2(C1)OCCO2. The lowest BCUT2D eigenvalue weighted by Gasteiger charge is -2.43. The zero-order chi connectivity index (χ0) is 19.3. The topological polar surface area (TPSA) is 27.7 Å². The quantitative estimate of drug-likeness (QED) is 0.469. The zero-order valence-electron chi connectivity index (χ0n) is 16.7. The first-order valence-corrected chi connectivity index (χ1v) is 10.4. The van der Waals surface area contributed by atoms with Crippen molar-refractivity contribution in [2.75, 3.05) is 19.8 Å². The Morgan fingerprint density at radius 1 is 0.929 bits per heavy atom. The van der Waals surface area contributed by atoms with Crippen LogP contribution in [0.4, 0.5) is 0 Å². The molecule has 1 heterocycles. The second kappa shape index (κ2) is 8.50. The zero-order valence-corrected chi connectivity index (χ0v) is 16.7. The standard InChI is InChI=1S/C25H30O3/c1-24(13-8-14-25(20-24)27-17-18-28-25)15-16-26-19-23(21-9-4-2-5-10-21)22-11-6-3-7-12-22/h2-7,9-12,19H,8,13-18,20H2,1H3. The van der Waals surface area contributed by atoms with Crippen LogP contribution in [0, 0.1) is 5.41 Å². The predicted molar refractivity (Wildman–Crippen MR) is 112 cm³/mol. The van der Waals surface area contributed by atoms with Gasteiger partial charge in [-0.05, 0) is 35.8 Å². The molecule has 0 radical (unpaired) electrons. The van der Waals surface area contributed by atoms with Crippen molar-refractivity contribution in [1.29, 1.82) is 0 Å². The van der Waals surface area contributed by atoms with Crippen molar-refractivity contribution in [3.8, 4) is 0 Å². The Hall–Kier alpha value is -2.10. The van der Waals surface area contributed by atoms with Gasteiger partial charge in [0.25, 0.3) is 0 Å². The smallest absolute Gasteiger partial charge is 0.169 e. The van der Waals surface area contributed by atoms with Crippen molar-refractivity contribution < 1.29 is 14.2 Å². The number of benzene rings is 2. The summed E-state index contributed by atoms with van der Waals surface area (Å²) >= 11 is 0. The van der Waals surface area contributed by atoms with Crippen LogP contribution in [0.2, 0.25) is 0 Å². The third kappa shape index (κ3) is 4.48. The van der Waals surface area contributed by atoms with Gasteiger partial charge in [-0.1, -0.05) is 67.6 Å². The van der Waals surface area contributed by atoms with Gasteiger partial charge in [-0.15, -0.1) is 0 Å². The Kier molecular flexibility index (Phi) is 5.84. The summed E-state index contributed by atoms with van der Waals surface area (Å²) in [5.74, 6) is -0.331. The van der Waals surface area contributed by atoms with Gasteiger partial charge in [0, 0.05) is 18.4 Å². The molecule has 148 valence electrons. The molecule has 3 nitrogen and oxygen atoms in total. The van der Waals surface area contributed by atoms with Crippen molar-refractivity contribution in [2.45, 2.75) is 44.8 Å². The first-order chi connectivity index (χ1) is 13.7. The van der Waals surface area contributed by atoms with Crippen LogP contribution in [-0.2, 0) is 14.2 Å². The van der Waals surface area contributed by atoms with E-state index in [0.29, 0.717) is 6.61 Å². The fraction of sp³-hybridized carbons (Fsp3) is 0.440. The minimum Gasteiger partial charge on any atom is -0.501 e. The number of ether oxygens (including phenoxy) is 3. The van der Waals surface area contributed by atoms with E-state index in [1.807, 2.05) is 18.4 Å².